The molecule has 0 aromatic carbocycles. The second-order valence-electron chi connectivity index (χ2n) is 10.5. The van der Waals surface area contributed by atoms with E-state index < -0.39 is 36.9 Å². The molecule has 0 unspecified atom stereocenters. The van der Waals surface area contributed by atoms with Gasteiger partial charge in [-0.3, -0.25) is 9.59 Å². The van der Waals surface area contributed by atoms with Crippen LogP contribution in [0.4, 0.5) is 0 Å². The van der Waals surface area contributed by atoms with Crippen LogP contribution in [0.3, 0.4) is 0 Å². The molecular formula is C29H58N2O8. The van der Waals surface area contributed by atoms with Crippen LogP contribution in [-0.4, -0.2) is 94.7 Å². The molecule has 0 saturated carbocycles. The van der Waals surface area contributed by atoms with Gasteiger partial charge in [-0.1, -0.05) is 84.0 Å². The van der Waals surface area contributed by atoms with Crippen LogP contribution in [0.1, 0.15) is 116 Å². The zero-order valence-electron chi connectivity index (χ0n) is 24.3. The third kappa shape index (κ3) is 22.1. The second-order valence-corrected chi connectivity index (χ2v) is 10.5. The van der Waals surface area contributed by atoms with Crippen molar-refractivity contribution in [2.45, 2.75) is 140 Å². The first-order valence-electron chi connectivity index (χ1n) is 15.3. The van der Waals surface area contributed by atoms with Crippen LogP contribution < -0.4 is 10.6 Å². The lowest BCUT2D eigenvalue weighted by atomic mass is 10.0. The highest BCUT2D eigenvalue weighted by molar-refractivity contribution is 5.81. The highest BCUT2D eigenvalue weighted by Gasteiger charge is 2.33. The van der Waals surface area contributed by atoms with Crippen molar-refractivity contribution in [3.05, 3.63) is 0 Å². The first-order chi connectivity index (χ1) is 18.8. The fourth-order valence-electron chi connectivity index (χ4n) is 4.21. The van der Waals surface area contributed by atoms with Crippen LogP contribution in [0.5, 0.6) is 0 Å². The number of carbonyl (C=O) groups is 2. The van der Waals surface area contributed by atoms with Crippen molar-refractivity contribution < 1.29 is 39.9 Å². The molecule has 39 heavy (non-hydrogen) atoms. The van der Waals surface area contributed by atoms with E-state index in [-0.39, 0.29) is 12.5 Å². The van der Waals surface area contributed by atoms with E-state index in [0.717, 1.165) is 25.9 Å². The Hall–Kier alpha value is -1.30. The maximum Gasteiger partial charge on any atom is 0.251 e. The maximum atomic E-state index is 11.9. The Balaban J connectivity index is 3.46. The number of carbonyl (C=O) groups excluding carboxylic acids is 2. The molecule has 0 saturated heterocycles. The van der Waals surface area contributed by atoms with Crippen LogP contribution >= 0.6 is 0 Å². The van der Waals surface area contributed by atoms with Gasteiger partial charge in [0.15, 0.2) is 6.10 Å². The molecule has 0 heterocycles. The van der Waals surface area contributed by atoms with Crippen molar-refractivity contribution in [3.8, 4) is 0 Å². The third-order valence-corrected chi connectivity index (χ3v) is 6.83. The summed E-state index contributed by atoms with van der Waals surface area (Å²) in [5.74, 6) is -0.994. The van der Waals surface area contributed by atoms with Gasteiger partial charge in [0.1, 0.15) is 18.3 Å². The van der Waals surface area contributed by atoms with Crippen molar-refractivity contribution in [1.82, 2.24) is 10.6 Å². The molecule has 0 aromatic heterocycles. The van der Waals surface area contributed by atoms with Crippen molar-refractivity contribution >= 4 is 11.8 Å². The van der Waals surface area contributed by atoms with Gasteiger partial charge in [-0.2, -0.15) is 0 Å². The molecule has 232 valence electrons. The normalized spacial score (nSPS) is 14.5. The first kappa shape index (κ1) is 37.7. The van der Waals surface area contributed by atoms with Crippen LogP contribution in [0.15, 0.2) is 0 Å². The van der Waals surface area contributed by atoms with Crippen molar-refractivity contribution in [1.29, 1.82) is 0 Å². The molecule has 0 bridgehead atoms. The number of amides is 2. The zero-order chi connectivity index (χ0) is 29.1. The van der Waals surface area contributed by atoms with Crippen molar-refractivity contribution in [3.63, 3.8) is 0 Å². The van der Waals surface area contributed by atoms with E-state index in [1.54, 1.807) is 0 Å². The minimum Gasteiger partial charge on any atom is -0.394 e. The largest absolute Gasteiger partial charge is 0.394 e. The Morgan fingerprint density at radius 1 is 0.641 bits per heavy atom. The topological polar surface area (TPSA) is 169 Å². The summed E-state index contributed by atoms with van der Waals surface area (Å²) in [5, 5.41) is 52.1. The monoisotopic (exact) mass is 562 g/mol. The molecule has 0 spiro atoms. The van der Waals surface area contributed by atoms with Gasteiger partial charge in [-0.25, -0.2) is 0 Å². The van der Waals surface area contributed by atoms with Crippen molar-refractivity contribution in [2.75, 3.05) is 32.9 Å². The molecule has 0 aliphatic heterocycles. The summed E-state index contributed by atoms with van der Waals surface area (Å²) in [6.07, 6.45) is 12.3. The summed E-state index contributed by atoms with van der Waals surface area (Å²) in [7, 11) is 0. The van der Waals surface area contributed by atoms with Gasteiger partial charge < -0.3 is 40.9 Å². The molecule has 2 amide bonds. The number of nitrogens with one attached hydrogen (secondary N) is 2. The third-order valence-electron chi connectivity index (χ3n) is 6.83. The predicted octanol–water partition coefficient (Wildman–Crippen LogP) is 2.32. The van der Waals surface area contributed by atoms with Crippen LogP contribution in [0, 0.1) is 0 Å². The van der Waals surface area contributed by atoms with E-state index in [1.165, 1.54) is 77.0 Å². The number of rotatable bonds is 28. The molecular weight excluding hydrogens is 504 g/mol. The summed E-state index contributed by atoms with van der Waals surface area (Å²) in [4.78, 5) is 23.7. The standard InChI is InChI=1S/C29H58N2O8/c1-2-3-4-5-6-7-8-9-10-11-12-13-15-21-39-22-16-14-18-25(34)30-19-17-20-31-29(38)28(37)27(36)26(35)24(33)23-32/h24,26-28,32-33,35-37H,2-23H2,1H3,(H,30,34)(H,31,38)/t24-,26-,27+,28-/m1/s1. The molecule has 10 nitrogen and oxygen atoms in total. The van der Waals surface area contributed by atoms with Crippen molar-refractivity contribution in [2.24, 2.45) is 0 Å². The van der Waals surface area contributed by atoms with E-state index in [2.05, 4.69) is 17.6 Å². The van der Waals surface area contributed by atoms with Gasteiger partial charge in [0.2, 0.25) is 5.91 Å². The number of hydrogen-bond donors (Lipinski definition) is 7. The van der Waals surface area contributed by atoms with Gasteiger partial charge >= 0.3 is 0 Å². The first-order valence-corrected chi connectivity index (χ1v) is 15.3. The lowest BCUT2D eigenvalue weighted by Crippen LogP contribution is -2.51. The number of aliphatic hydroxyl groups excluding tert-OH is 5. The Morgan fingerprint density at radius 3 is 1.67 bits per heavy atom. The SMILES string of the molecule is CCCCCCCCCCCCCCCOCCCCC(=O)NCCCNC(=O)[C@H](O)[C@@H](O)[C@H](O)[C@H](O)CO. The van der Waals surface area contributed by atoms with E-state index in [4.69, 9.17) is 9.84 Å². The van der Waals surface area contributed by atoms with Gasteiger partial charge in [0.25, 0.3) is 5.91 Å². The Labute approximate surface area is 235 Å². The molecule has 10 heteroatoms. The second kappa shape index (κ2) is 26.9. The molecule has 0 aliphatic carbocycles. The average Bonchev–Trinajstić information content (AvgIpc) is 2.94. The van der Waals surface area contributed by atoms with E-state index in [9.17, 15) is 30.0 Å². The lowest BCUT2D eigenvalue weighted by Gasteiger charge is -2.24. The Kier molecular flexibility index (Phi) is 26.0. The average molecular weight is 563 g/mol. The Morgan fingerprint density at radius 2 is 1.13 bits per heavy atom. The minimum atomic E-state index is -1.96. The molecule has 0 radical (unpaired) electrons. The summed E-state index contributed by atoms with van der Waals surface area (Å²) >= 11 is 0. The molecule has 0 fully saturated rings. The molecule has 7 N–H and O–H groups in total. The summed E-state index contributed by atoms with van der Waals surface area (Å²) in [6.45, 7) is 3.37. The maximum absolute atomic E-state index is 11.9. The van der Waals surface area contributed by atoms with Crippen LogP contribution in [0.25, 0.3) is 0 Å². The van der Waals surface area contributed by atoms with Gasteiger partial charge in [-0.15, -0.1) is 0 Å². The molecule has 0 aliphatic rings. The quantitative estimate of drug-likeness (QED) is 0.0713. The predicted molar refractivity (Wildman–Crippen MR) is 152 cm³/mol. The van der Waals surface area contributed by atoms with E-state index in [0.29, 0.717) is 26.0 Å². The lowest BCUT2D eigenvalue weighted by molar-refractivity contribution is -0.148. The number of hydrogen-bond acceptors (Lipinski definition) is 8. The van der Waals surface area contributed by atoms with E-state index in [1.807, 2.05) is 0 Å². The minimum absolute atomic E-state index is 0.0746. The number of aliphatic hydroxyl groups is 5. The molecule has 4 atom stereocenters. The van der Waals surface area contributed by atoms with Gasteiger partial charge in [-0.05, 0) is 25.7 Å². The number of unbranched alkanes of at least 4 members (excludes halogenated alkanes) is 13. The highest BCUT2D eigenvalue weighted by atomic mass is 16.5. The number of ether oxygens (including phenoxy) is 1. The van der Waals surface area contributed by atoms with E-state index >= 15 is 0 Å². The smallest absolute Gasteiger partial charge is 0.251 e. The Bertz CT molecular complexity index is 581. The fraction of sp³-hybridized carbons (Fsp3) is 0.931. The summed E-state index contributed by atoms with van der Waals surface area (Å²) < 4.78 is 5.67. The van der Waals surface area contributed by atoms with Crippen LogP contribution in [0.2, 0.25) is 0 Å². The molecule has 0 aromatic rings. The summed E-state index contributed by atoms with van der Waals surface area (Å²) in [6, 6.07) is 0. The molecule has 0 rings (SSSR count). The van der Waals surface area contributed by atoms with Gasteiger partial charge in [0.05, 0.1) is 6.61 Å². The van der Waals surface area contributed by atoms with Crippen LogP contribution in [-0.2, 0) is 14.3 Å². The zero-order valence-corrected chi connectivity index (χ0v) is 24.3. The fourth-order valence-corrected chi connectivity index (χ4v) is 4.21. The summed E-state index contributed by atoms with van der Waals surface area (Å²) in [5.41, 5.74) is 0. The van der Waals surface area contributed by atoms with Gasteiger partial charge in [0, 0.05) is 32.7 Å². The highest BCUT2D eigenvalue weighted by Crippen LogP contribution is 2.12.